The van der Waals surface area contributed by atoms with Gasteiger partial charge in [0.25, 0.3) is 5.91 Å². The highest BCUT2D eigenvalue weighted by Gasteiger charge is 2.21. The SMILES string of the molecule is COC(=O)c1ccc(N/C=C(/C#N)C(=O)N(Cc2ccccc2)C(C)C)cc1. The molecule has 0 fully saturated rings. The predicted molar refractivity (Wildman–Crippen MR) is 107 cm³/mol. The fourth-order valence-corrected chi connectivity index (χ4v) is 2.54. The Bertz CT molecular complexity index is 881. The molecule has 0 aliphatic carbocycles. The number of hydrogen-bond acceptors (Lipinski definition) is 5. The first kappa shape index (κ1) is 20.7. The van der Waals surface area contributed by atoms with Crippen LogP contribution in [-0.2, 0) is 16.1 Å². The lowest BCUT2D eigenvalue weighted by molar-refractivity contribution is -0.129. The van der Waals surface area contributed by atoms with E-state index in [4.69, 9.17) is 0 Å². The molecule has 0 aliphatic rings. The third kappa shape index (κ3) is 5.45. The fourth-order valence-electron chi connectivity index (χ4n) is 2.54. The second-order valence-corrected chi connectivity index (χ2v) is 6.40. The Hall–Kier alpha value is -3.59. The molecule has 0 bridgehead atoms. The third-order valence-corrected chi connectivity index (χ3v) is 4.12. The molecule has 6 nitrogen and oxygen atoms in total. The number of rotatable bonds is 7. The average Bonchev–Trinajstić information content (AvgIpc) is 2.72. The van der Waals surface area contributed by atoms with E-state index in [-0.39, 0.29) is 17.5 Å². The van der Waals surface area contributed by atoms with Crippen molar-refractivity contribution in [1.82, 2.24) is 4.90 Å². The Balaban J connectivity index is 2.14. The van der Waals surface area contributed by atoms with Crippen molar-refractivity contribution in [2.45, 2.75) is 26.4 Å². The summed E-state index contributed by atoms with van der Waals surface area (Å²) in [6.07, 6.45) is 1.38. The molecule has 0 saturated heterocycles. The minimum Gasteiger partial charge on any atom is -0.465 e. The summed E-state index contributed by atoms with van der Waals surface area (Å²) in [5.41, 5.74) is 2.06. The summed E-state index contributed by atoms with van der Waals surface area (Å²) in [4.78, 5) is 26.0. The van der Waals surface area contributed by atoms with Gasteiger partial charge in [0, 0.05) is 24.5 Å². The minimum absolute atomic E-state index is 0.00155. The summed E-state index contributed by atoms with van der Waals surface area (Å²) >= 11 is 0. The number of esters is 1. The van der Waals surface area contributed by atoms with Crippen LogP contribution in [0.5, 0.6) is 0 Å². The smallest absolute Gasteiger partial charge is 0.337 e. The van der Waals surface area contributed by atoms with Crippen LogP contribution in [0, 0.1) is 11.3 Å². The number of methoxy groups -OCH3 is 1. The second kappa shape index (κ2) is 9.93. The van der Waals surface area contributed by atoms with E-state index in [1.807, 2.05) is 50.2 Å². The van der Waals surface area contributed by atoms with Gasteiger partial charge in [-0.25, -0.2) is 4.79 Å². The monoisotopic (exact) mass is 377 g/mol. The lowest BCUT2D eigenvalue weighted by atomic mass is 10.1. The molecule has 2 aromatic carbocycles. The lowest BCUT2D eigenvalue weighted by Crippen LogP contribution is -2.37. The molecule has 1 N–H and O–H groups in total. The van der Waals surface area contributed by atoms with Crippen LogP contribution in [0.25, 0.3) is 0 Å². The topological polar surface area (TPSA) is 82.4 Å². The van der Waals surface area contributed by atoms with Gasteiger partial charge in [-0.3, -0.25) is 4.79 Å². The number of nitriles is 1. The Morgan fingerprint density at radius 3 is 2.32 bits per heavy atom. The molecule has 0 aromatic heterocycles. The molecule has 0 spiro atoms. The van der Waals surface area contributed by atoms with Gasteiger partial charge < -0.3 is 15.0 Å². The van der Waals surface area contributed by atoms with E-state index in [2.05, 4.69) is 10.1 Å². The summed E-state index contributed by atoms with van der Waals surface area (Å²) in [5, 5.41) is 12.4. The molecule has 0 radical (unpaired) electrons. The van der Waals surface area contributed by atoms with E-state index < -0.39 is 5.97 Å². The van der Waals surface area contributed by atoms with Crippen molar-refractivity contribution in [3.8, 4) is 6.07 Å². The summed E-state index contributed by atoms with van der Waals surface area (Å²) in [6, 6.07) is 18.1. The zero-order valence-corrected chi connectivity index (χ0v) is 16.2. The number of nitrogens with one attached hydrogen (secondary N) is 1. The predicted octanol–water partition coefficient (Wildman–Crippen LogP) is 3.73. The highest BCUT2D eigenvalue weighted by Crippen LogP contribution is 2.14. The van der Waals surface area contributed by atoms with E-state index in [0.717, 1.165) is 5.56 Å². The first-order valence-electron chi connectivity index (χ1n) is 8.86. The molecule has 0 atom stereocenters. The van der Waals surface area contributed by atoms with Gasteiger partial charge >= 0.3 is 5.97 Å². The van der Waals surface area contributed by atoms with E-state index in [1.54, 1.807) is 29.2 Å². The van der Waals surface area contributed by atoms with E-state index in [9.17, 15) is 14.9 Å². The lowest BCUT2D eigenvalue weighted by Gasteiger charge is -2.26. The normalized spacial score (nSPS) is 10.9. The quantitative estimate of drug-likeness (QED) is 0.452. The minimum atomic E-state index is -0.427. The highest BCUT2D eigenvalue weighted by molar-refractivity contribution is 5.97. The van der Waals surface area contributed by atoms with Crippen molar-refractivity contribution in [2.24, 2.45) is 0 Å². The van der Waals surface area contributed by atoms with Crippen LogP contribution in [0.1, 0.15) is 29.8 Å². The standard InChI is InChI=1S/C22H23N3O3/c1-16(2)25(15-17-7-5-4-6-8-17)21(26)19(13-23)14-24-20-11-9-18(10-12-20)22(27)28-3/h4-12,14,16,24H,15H2,1-3H3/b19-14-. The molecule has 0 aliphatic heterocycles. The maximum atomic E-state index is 12.9. The molecule has 2 aromatic rings. The number of anilines is 1. The van der Waals surface area contributed by atoms with Gasteiger partial charge in [0.15, 0.2) is 0 Å². The van der Waals surface area contributed by atoms with E-state index in [0.29, 0.717) is 17.8 Å². The van der Waals surface area contributed by atoms with Crippen molar-refractivity contribution in [2.75, 3.05) is 12.4 Å². The van der Waals surface area contributed by atoms with Gasteiger partial charge in [0.1, 0.15) is 11.6 Å². The van der Waals surface area contributed by atoms with Crippen LogP contribution in [0.3, 0.4) is 0 Å². The van der Waals surface area contributed by atoms with Crippen molar-refractivity contribution in [3.05, 3.63) is 77.5 Å². The van der Waals surface area contributed by atoms with E-state index >= 15 is 0 Å². The number of benzene rings is 2. The Labute approximate surface area is 165 Å². The molecule has 0 saturated carbocycles. The van der Waals surface area contributed by atoms with Gasteiger partial charge in [0.2, 0.25) is 0 Å². The summed E-state index contributed by atoms with van der Waals surface area (Å²) in [7, 11) is 1.32. The largest absolute Gasteiger partial charge is 0.465 e. The maximum Gasteiger partial charge on any atom is 0.337 e. The molecule has 0 unspecified atom stereocenters. The Kier molecular flexibility index (Phi) is 7.35. The number of nitrogens with zero attached hydrogens (tertiary/aromatic N) is 2. The van der Waals surface area contributed by atoms with Gasteiger partial charge in [-0.15, -0.1) is 0 Å². The fraction of sp³-hybridized carbons (Fsp3) is 0.227. The van der Waals surface area contributed by atoms with Crippen molar-refractivity contribution < 1.29 is 14.3 Å². The molecular formula is C22H23N3O3. The molecule has 144 valence electrons. The van der Waals surface area contributed by atoms with Crippen LogP contribution >= 0.6 is 0 Å². The van der Waals surface area contributed by atoms with Crippen molar-refractivity contribution >= 4 is 17.6 Å². The first-order valence-corrected chi connectivity index (χ1v) is 8.86. The summed E-state index contributed by atoms with van der Waals surface area (Å²) in [5.74, 6) is -0.775. The van der Waals surface area contributed by atoms with Gasteiger partial charge in [0.05, 0.1) is 12.7 Å². The van der Waals surface area contributed by atoms with Crippen LogP contribution in [0.4, 0.5) is 5.69 Å². The van der Waals surface area contributed by atoms with Crippen molar-refractivity contribution in [1.29, 1.82) is 5.26 Å². The second-order valence-electron chi connectivity index (χ2n) is 6.40. The molecule has 6 heteroatoms. The molecule has 2 rings (SSSR count). The summed E-state index contributed by atoms with van der Waals surface area (Å²) in [6.45, 7) is 4.24. The number of hydrogen-bond donors (Lipinski definition) is 1. The molecular weight excluding hydrogens is 354 g/mol. The maximum absolute atomic E-state index is 12.9. The number of carbonyl (C=O) groups excluding carboxylic acids is 2. The number of amides is 1. The van der Waals surface area contributed by atoms with E-state index in [1.165, 1.54) is 13.3 Å². The summed E-state index contributed by atoms with van der Waals surface area (Å²) < 4.78 is 4.66. The zero-order chi connectivity index (χ0) is 20.5. The van der Waals surface area contributed by atoms with Crippen molar-refractivity contribution in [3.63, 3.8) is 0 Å². The number of ether oxygens (including phenoxy) is 1. The zero-order valence-electron chi connectivity index (χ0n) is 16.2. The third-order valence-electron chi connectivity index (χ3n) is 4.12. The van der Waals surface area contributed by atoms with Gasteiger partial charge in [-0.2, -0.15) is 5.26 Å². The highest BCUT2D eigenvalue weighted by atomic mass is 16.5. The average molecular weight is 377 g/mol. The first-order chi connectivity index (χ1) is 13.5. The number of carbonyl (C=O) groups is 2. The van der Waals surface area contributed by atoms with Gasteiger partial charge in [-0.1, -0.05) is 30.3 Å². The Morgan fingerprint density at radius 2 is 1.79 bits per heavy atom. The van der Waals surface area contributed by atoms with Crippen LogP contribution in [0.2, 0.25) is 0 Å². The van der Waals surface area contributed by atoms with Crippen LogP contribution < -0.4 is 5.32 Å². The van der Waals surface area contributed by atoms with Crippen LogP contribution in [-0.4, -0.2) is 29.9 Å². The van der Waals surface area contributed by atoms with Gasteiger partial charge in [-0.05, 0) is 43.7 Å². The molecule has 28 heavy (non-hydrogen) atoms. The Morgan fingerprint density at radius 1 is 1.14 bits per heavy atom. The molecule has 1 amide bonds. The van der Waals surface area contributed by atoms with Crippen LogP contribution in [0.15, 0.2) is 66.4 Å². The molecule has 0 heterocycles.